The Bertz CT molecular complexity index is 1240. The van der Waals surface area contributed by atoms with Gasteiger partial charge < -0.3 is 9.88 Å². The number of imidazole rings is 1. The van der Waals surface area contributed by atoms with E-state index in [1.54, 1.807) is 24.5 Å². The zero-order valence-corrected chi connectivity index (χ0v) is 19.8. The molecule has 0 radical (unpaired) electrons. The maximum atomic E-state index is 13.3. The van der Waals surface area contributed by atoms with Crippen LogP contribution < -0.4 is 5.32 Å². The summed E-state index contributed by atoms with van der Waals surface area (Å²) in [5.41, 5.74) is 4.59. The Kier molecular flexibility index (Phi) is 7.08. The number of carbonyl (C=O) groups excluding carboxylic acids is 1. The Labute approximate surface area is 197 Å². The third kappa shape index (κ3) is 5.25. The molecule has 4 aromatic rings. The lowest BCUT2D eigenvalue weighted by molar-refractivity contribution is -0.119. The summed E-state index contributed by atoms with van der Waals surface area (Å²) < 4.78 is 15.2. The van der Waals surface area contributed by atoms with Crippen molar-refractivity contribution in [1.82, 2.24) is 14.5 Å². The maximum Gasteiger partial charge on any atom is 0.247 e. The van der Waals surface area contributed by atoms with Crippen molar-refractivity contribution >= 4 is 34.4 Å². The van der Waals surface area contributed by atoms with Crippen molar-refractivity contribution < 1.29 is 9.18 Å². The summed E-state index contributed by atoms with van der Waals surface area (Å²) >= 11 is 1.53. The van der Waals surface area contributed by atoms with Gasteiger partial charge in [0.2, 0.25) is 5.91 Å². The molecule has 0 aliphatic carbocycles. The van der Waals surface area contributed by atoms with Gasteiger partial charge in [-0.05, 0) is 53.8 Å². The standard InChI is InChI=1S/C26H27FN4OS/c1-4-23(25(32)29-21-11-7-19(8-12-21)17(2)3)31-24-15-28-14-13-22(24)30-26(31)33-16-18-5-9-20(27)10-6-18/h5-15,17,23H,4,16H2,1-3H3,(H,29,32). The van der Waals surface area contributed by atoms with Crippen molar-refractivity contribution in [1.29, 1.82) is 0 Å². The second-order valence-corrected chi connectivity index (χ2v) is 9.18. The minimum atomic E-state index is -0.445. The Morgan fingerprint density at radius 3 is 2.48 bits per heavy atom. The van der Waals surface area contributed by atoms with Gasteiger partial charge in [0.15, 0.2) is 5.16 Å². The topological polar surface area (TPSA) is 59.8 Å². The summed E-state index contributed by atoms with van der Waals surface area (Å²) in [5, 5.41) is 3.80. The second-order valence-electron chi connectivity index (χ2n) is 8.23. The molecule has 1 unspecified atom stereocenters. The van der Waals surface area contributed by atoms with E-state index in [2.05, 4.69) is 24.1 Å². The SMILES string of the molecule is CCC(C(=O)Nc1ccc(C(C)C)cc1)n1c(SCc2ccc(F)cc2)nc2ccncc21. The lowest BCUT2D eigenvalue weighted by Crippen LogP contribution is -2.26. The van der Waals surface area contributed by atoms with Gasteiger partial charge in [-0.2, -0.15) is 0 Å². The molecule has 0 bridgehead atoms. The molecule has 2 aromatic heterocycles. The summed E-state index contributed by atoms with van der Waals surface area (Å²) in [5.74, 6) is 0.697. The van der Waals surface area contributed by atoms with Gasteiger partial charge in [-0.3, -0.25) is 9.78 Å². The van der Waals surface area contributed by atoms with Crippen LogP contribution in [0.15, 0.2) is 72.1 Å². The quantitative estimate of drug-likeness (QED) is 0.301. The number of carbonyl (C=O) groups is 1. The van der Waals surface area contributed by atoms with Gasteiger partial charge in [0.25, 0.3) is 0 Å². The number of thioether (sulfide) groups is 1. The zero-order valence-electron chi connectivity index (χ0n) is 19.0. The number of rotatable bonds is 8. The highest BCUT2D eigenvalue weighted by Gasteiger charge is 2.25. The van der Waals surface area contributed by atoms with E-state index in [1.807, 2.05) is 41.8 Å². The van der Waals surface area contributed by atoms with Gasteiger partial charge in [0.05, 0.1) is 17.2 Å². The summed E-state index contributed by atoms with van der Waals surface area (Å²) in [7, 11) is 0. The van der Waals surface area contributed by atoms with Crippen LogP contribution in [0.4, 0.5) is 10.1 Å². The number of amides is 1. The largest absolute Gasteiger partial charge is 0.324 e. The van der Waals surface area contributed by atoms with E-state index in [9.17, 15) is 9.18 Å². The highest BCUT2D eigenvalue weighted by atomic mass is 32.2. The average Bonchev–Trinajstić information content (AvgIpc) is 3.18. The molecule has 1 N–H and O–H groups in total. The highest BCUT2D eigenvalue weighted by Crippen LogP contribution is 2.31. The maximum absolute atomic E-state index is 13.3. The van der Waals surface area contributed by atoms with Gasteiger partial charge in [0, 0.05) is 17.6 Å². The molecule has 7 heteroatoms. The van der Waals surface area contributed by atoms with Crippen LogP contribution in [0.25, 0.3) is 11.0 Å². The average molecular weight is 463 g/mol. The van der Waals surface area contributed by atoms with E-state index in [1.165, 1.54) is 29.5 Å². The smallest absolute Gasteiger partial charge is 0.247 e. The molecule has 4 rings (SSSR count). The fourth-order valence-corrected chi connectivity index (χ4v) is 4.73. The molecule has 1 amide bonds. The van der Waals surface area contributed by atoms with Gasteiger partial charge in [-0.25, -0.2) is 9.37 Å². The summed E-state index contributed by atoms with van der Waals surface area (Å²) in [6, 6.07) is 15.8. The molecule has 0 saturated carbocycles. The van der Waals surface area contributed by atoms with Crippen molar-refractivity contribution in [2.75, 3.05) is 5.32 Å². The van der Waals surface area contributed by atoms with E-state index in [4.69, 9.17) is 4.98 Å². The second kappa shape index (κ2) is 10.2. The molecule has 0 fully saturated rings. The van der Waals surface area contributed by atoms with Crippen molar-refractivity contribution in [3.05, 3.63) is 83.9 Å². The molecular formula is C26H27FN4OS. The van der Waals surface area contributed by atoms with Crippen LogP contribution >= 0.6 is 11.8 Å². The first kappa shape index (κ1) is 23.0. The fraction of sp³-hybridized carbons (Fsp3) is 0.269. The molecule has 170 valence electrons. The third-order valence-corrected chi connectivity index (χ3v) is 6.61. The molecule has 0 aliphatic heterocycles. The first-order valence-corrected chi connectivity index (χ1v) is 12.0. The van der Waals surface area contributed by atoms with E-state index in [0.717, 1.165) is 27.4 Å². The molecule has 0 saturated heterocycles. The number of nitrogens with zero attached hydrogens (tertiary/aromatic N) is 3. The number of fused-ring (bicyclic) bond motifs is 1. The van der Waals surface area contributed by atoms with Crippen molar-refractivity contribution in [2.45, 2.75) is 50.1 Å². The molecule has 1 atom stereocenters. The number of hydrogen-bond acceptors (Lipinski definition) is 4. The van der Waals surface area contributed by atoms with E-state index >= 15 is 0 Å². The lowest BCUT2D eigenvalue weighted by atomic mass is 10.0. The predicted octanol–water partition coefficient (Wildman–Crippen LogP) is 6.58. The van der Waals surface area contributed by atoms with Gasteiger partial charge >= 0.3 is 0 Å². The predicted molar refractivity (Wildman–Crippen MR) is 132 cm³/mol. The summed E-state index contributed by atoms with van der Waals surface area (Å²) in [4.78, 5) is 22.4. The number of benzene rings is 2. The molecule has 5 nitrogen and oxygen atoms in total. The number of anilines is 1. The minimum absolute atomic E-state index is 0.0958. The first-order chi connectivity index (χ1) is 16.0. The van der Waals surface area contributed by atoms with Crippen LogP contribution in [-0.2, 0) is 10.5 Å². The van der Waals surface area contributed by atoms with Crippen LogP contribution in [0.2, 0.25) is 0 Å². The van der Waals surface area contributed by atoms with E-state index in [0.29, 0.717) is 18.1 Å². The fourth-order valence-electron chi connectivity index (χ4n) is 3.71. The summed E-state index contributed by atoms with van der Waals surface area (Å²) in [6.07, 6.45) is 4.05. The first-order valence-electron chi connectivity index (χ1n) is 11.1. The normalized spacial score (nSPS) is 12.3. The molecular weight excluding hydrogens is 435 g/mol. The Morgan fingerprint density at radius 1 is 1.09 bits per heavy atom. The van der Waals surface area contributed by atoms with Gasteiger partial charge in [-0.1, -0.05) is 56.8 Å². The van der Waals surface area contributed by atoms with Crippen LogP contribution in [0.1, 0.15) is 50.3 Å². The molecule has 2 aromatic carbocycles. The van der Waals surface area contributed by atoms with E-state index in [-0.39, 0.29) is 11.7 Å². The number of nitrogens with one attached hydrogen (secondary N) is 1. The summed E-state index contributed by atoms with van der Waals surface area (Å²) in [6.45, 7) is 6.27. The number of aromatic nitrogens is 3. The number of hydrogen-bond donors (Lipinski definition) is 1. The van der Waals surface area contributed by atoms with Crippen LogP contribution in [-0.4, -0.2) is 20.4 Å². The van der Waals surface area contributed by atoms with Crippen molar-refractivity contribution in [2.24, 2.45) is 0 Å². The minimum Gasteiger partial charge on any atom is -0.324 e. The van der Waals surface area contributed by atoms with E-state index < -0.39 is 6.04 Å². The molecule has 0 spiro atoms. The molecule has 33 heavy (non-hydrogen) atoms. The number of halogens is 1. The highest BCUT2D eigenvalue weighted by molar-refractivity contribution is 7.98. The molecule has 2 heterocycles. The Hall–Kier alpha value is -3.19. The zero-order chi connectivity index (χ0) is 23.4. The number of pyridine rings is 1. The Balaban J connectivity index is 1.61. The Morgan fingerprint density at radius 2 is 1.82 bits per heavy atom. The van der Waals surface area contributed by atoms with Gasteiger partial charge in [-0.15, -0.1) is 0 Å². The van der Waals surface area contributed by atoms with Crippen LogP contribution in [0.5, 0.6) is 0 Å². The molecule has 0 aliphatic rings. The van der Waals surface area contributed by atoms with Crippen molar-refractivity contribution in [3.63, 3.8) is 0 Å². The lowest BCUT2D eigenvalue weighted by Gasteiger charge is -2.20. The third-order valence-electron chi connectivity index (χ3n) is 5.59. The van der Waals surface area contributed by atoms with Gasteiger partial charge in [0.1, 0.15) is 11.9 Å². The van der Waals surface area contributed by atoms with Crippen LogP contribution in [0, 0.1) is 5.82 Å². The monoisotopic (exact) mass is 462 g/mol. The van der Waals surface area contributed by atoms with Crippen molar-refractivity contribution in [3.8, 4) is 0 Å². The van der Waals surface area contributed by atoms with Crippen LogP contribution in [0.3, 0.4) is 0 Å².